The predicted molar refractivity (Wildman–Crippen MR) is 70.8 cm³/mol. The lowest BCUT2D eigenvalue weighted by molar-refractivity contribution is 0.191. The third-order valence-electron chi connectivity index (χ3n) is 3.01. The molecule has 1 N–H and O–H groups in total. The molecular formula is C12H26N2S. The third-order valence-corrected chi connectivity index (χ3v) is 3.71. The van der Waals surface area contributed by atoms with Crippen LogP contribution in [0.2, 0.25) is 0 Å². The Morgan fingerprint density at radius 2 is 2.33 bits per heavy atom. The molecule has 90 valence electrons. The molecule has 0 aliphatic carbocycles. The van der Waals surface area contributed by atoms with Crippen LogP contribution in [0.3, 0.4) is 0 Å². The molecule has 1 atom stereocenters. The quantitative estimate of drug-likeness (QED) is 0.675. The monoisotopic (exact) mass is 230 g/mol. The van der Waals surface area contributed by atoms with E-state index >= 15 is 0 Å². The van der Waals surface area contributed by atoms with Gasteiger partial charge in [-0.05, 0) is 57.3 Å². The van der Waals surface area contributed by atoms with Crippen LogP contribution >= 0.6 is 11.8 Å². The number of piperidine rings is 1. The average molecular weight is 230 g/mol. The summed E-state index contributed by atoms with van der Waals surface area (Å²) >= 11 is 1.96. The molecule has 0 radical (unpaired) electrons. The maximum Gasteiger partial charge on any atom is 0.0195 e. The number of nitrogens with one attached hydrogen (secondary N) is 1. The van der Waals surface area contributed by atoms with E-state index in [4.69, 9.17) is 0 Å². The minimum Gasteiger partial charge on any atom is -0.313 e. The molecule has 0 saturated carbocycles. The zero-order chi connectivity index (χ0) is 10.9. The first-order valence-corrected chi connectivity index (χ1v) is 7.71. The van der Waals surface area contributed by atoms with E-state index in [0.29, 0.717) is 0 Å². The first kappa shape index (κ1) is 13.3. The summed E-state index contributed by atoms with van der Waals surface area (Å²) < 4.78 is 0. The third kappa shape index (κ3) is 5.79. The van der Waals surface area contributed by atoms with Gasteiger partial charge in [0.2, 0.25) is 0 Å². The average Bonchev–Trinajstić information content (AvgIpc) is 2.27. The number of hydrogen-bond donors (Lipinski definition) is 1. The normalized spacial score (nSPS) is 23.2. The summed E-state index contributed by atoms with van der Waals surface area (Å²) in [5.74, 6) is 1.31. The SMILES string of the molecule is CCCNC1CCCN(CCCSC)C1. The summed E-state index contributed by atoms with van der Waals surface area (Å²) in [7, 11) is 0. The molecule has 1 unspecified atom stereocenters. The molecule has 1 rings (SSSR count). The van der Waals surface area contributed by atoms with Gasteiger partial charge in [-0.15, -0.1) is 0 Å². The van der Waals surface area contributed by atoms with Gasteiger partial charge >= 0.3 is 0 Å². The smallest absolute Gasteiger partial charge is 0.0195 e. The molecule has 3 heteroatoms. The lowest BCUT2D eigenvalue weighted by atomic mass is 10.1. The van der Waals surface area contributed by atoms with E-state index in [-0.39, 0.29) is 0 Å². The Morgan fingerprint density at radius 3 is 3.07 bits per heavy atom. The highest BCUT2D eigenvalue weighted by Crippen LogP contribution is 2.11. The summed E-state index contributed by atoms with van der Waals surface area (Å²) in [5.41, 5.74) is 0. The van der Waals surface area contributed by atoms with Crippen molar-refractivity contribution in [3.05, 3.63) is 0 Å². The molecule has 0 aromatic heterocycles. The molecule has 2 nitrogen and oxygen atoms in total. The molecule has 1 saturated heterocycles. The van der Waals surface area contributed by atoms with Crippen molar-refractivity contribution in [3.8, 4) is 0 Å². The summed E-state index contributed by atoms with van der Waals surface area (Å²) in [6.45, 7) is 7.31. The molecule has 0 aromatic rings. The maximum absolute atomic E-state index is 3.64. The van der Waals surface area contributed by atoms with Crippen LogP contribution in [0, 0.1) is 0 Å². The van der Waals surface area contributed by atoms with Crippen LogP contribution in [0.25, 0.3) is 0 Å². The lowest BCUT2D eigenvalue weighted by Gasteiger charge is -2.33. The summed E-state index contributed by atoms with van der Waals surface area (Å²) in [6, 6.07) is 0.757. The molecule has 0 bridgehead atoms. The van der Waals surface area contributed by atoms with Crippen molar-refractivity contribution >= 4 is 11.8 Å². The van der Waals surface area contributed by atoms with Gasteiger partial charge < -0.3 is 10.2 Å². The first-order chi connectivity index (χ1) is 7.36. The molecule has 0 spiro atoms. The molecule has 15 heavy (non-hydrogen) atoms. The van der Waals surface area contributed by atoms with Gasteiger partial charge in [-0.1, -0.05) is 6.92 Å². The number of hydrogen-bond acceptors (Lipinski definition) is 3. The Kier molecular flexibility index (Phi) is 7.49. The Morgan fingerprint density at radius 1 is 1.47 bits per heavy atom. The second-order valence-electron chi connectivity index (χ2n) is 4.44. The standard InChI is InChI=1S/C12H26N2S/c1-3-7-13-12-6-4-8-14(11-12)9-5-10-15-2/h12-13H,3-11H2,1-2H3. The van der Waals surface area contributed by atoms with Crippen LogP contribution in [0.5, 0.6) is 0 Å². The maximum atomic E-state index is 3.64. The van der Waals surface area contributed by atoms with E-state index in [1.165, 1.54) is 57.6 Å². The minimum atomic E-state index is 0.757. The molecule has 1 aliphatic rings. The van der Waals surface area contributed by atoms with Gasteiger partial charge in [0, 0.05) is 12.6 Å². The Balaban J connectivity index is 2.11. The molecule has 1 aliphatic heterocycles. The predicted octanol–water partition coefficient (Wildman–Crippen LogP) is 2.20. The number of thioether (sulfide) groups is 1. The molecular weight excluding hydrogens is 204 g/mol. The highest BCUT2D eigenvalue weighted by Gasteiger charge is 2.18. The molecule has 1 heterocycles. The van der Waals surface area contributed by atoms with Gasteiger partial charge in [0.05, 0.1) is 0 Å². The highest BCUT2D eigenvalue weighted by molar-refractivity contribution is 7.98. The molecule has 1 fully saturated rings. The summed E-state index contributed by atoms with van der Waals surface area (Å²) in [6.07, 6.45) is 7.55. The van der Waals surface area contributed by atoms with Gasteiger partial charge in [0.1, 0.15) is 0 Å². The highest BCUT2D eigenvalue weighted by atomic mass is 32.2. The minimum absolute atomic E-state index is 0.757. The summed E-state index contributed by atoms with van der Waals surface area (Å²) in [5, 5.41) is 3.64. The van der Waals surface area contributed by atoms with Crippen LogP contribution in [0.4, 0.5) is 0 Å². The summed E-state index contributed by atoms with van der Waals surface area (Å²) in [4.78, 5) is 2.63. The molecule has 0 aromatic carbocycles. The zero-order valence-electron chi connectivity index (χ0n) is 10.3. The fourth-order valence-electron chi connectivity index (χ4n) is 2.21. The first-order valence-electron chi connectivity index (χ1n) is 6.31. The number of rotatable bonds is 7. The van der Waals surface area contributed by atoms with Crippen molar-refractivity contribution in [2.24, 2.45) is 0 Å². The van der Waals surface area contributed by atoms with Crippen LogP contribution in [-0.2, 0) is 0 Å². The van der Waals surface area contributed by atoms with Gasteiger partial charge in [-0.2, -0.15) is 11.8 Å². The topological polar surface area (TPSA) is 15.3 Å². The van der Waals surface area contributed by atoms with Crippen molar-refractivity contribution in [2.45, 2.75) is 38.6 Å². The van der Waals surface area contributed by atoms with Crippen molar-refractivity contribution in [3.63, 3.8) is 0 Å². The van der Waals surface area contributed by atoms with E-state index in [1.807, 2.05) is 11.8 Å². The van der Waals surface area contributed by atoms with Crippen LogP contribution in [0.15, 0.2) is 0 Å². The lowest BCUT2D eigenvalue weighted by Crippen LogP contribution is -2.46. The van der Waals surface area contributed by atoms with Crippen LogP contribution < -0.4 is 5.32 Å². The van der Waals surface area contributed by atoms with Crippen LogP contribution in [0.1, 0.15) is 32.6 Å². The van der Waals surface area contributed by atoms with Gasteiger partial charge in [-0.25, -0.2) is 0 Å². The number of likely N-dealkylation sites (tertiary alicyclic amines) is 1. The second kappa shape index (κ2) is 8.43. The Hall–Kier alpha value is 0.270. The van der Waals surface area contributed by atoms with Crippen LogP contribution in [-0.4, -0.2) is 49.1 Å². The van der Waals surface area contributed by atoms with Gasteiger partial charge in [0.15, 0.2) is 0 Å². The van der Waals surface area contributed by atoms with E-state index in [9.17, 15) is 0 Å². The van der Waals surface area contributed by atoms with Gasteiger partial charge in [-0.3, -0.25) is 0 Å². The Labute approximate surface area is 99.2 Å². The van der Waals surface area contributed by atoms with E-state index in [2.05, 4.69) is 23.4 Å². The van der Waals surface area contributed by atoms with Crippen molar-refractivity contribution in [2.75, 3.05) is 38.2 Å². The van der Waals surface area contributed by atoms with E-state index in [0.717, 1.165) is 6.04 Å². The van der Waals surface area contributed by atoms with E-state index in [1.54, 1.807) is 0 Å². The zero-order valence-corrected chi connectivity index (χ0v) is 11.1. The fourth-order valence-corrected chi connectivity index (χ4v) is 2.62. The number of nitrogens with zero attached hydrogens (tertiary/aromatic N) is 1. The largest absolute Gasteiger partial charge is 0.313 e. The second-order valence-corrected chi connectivity index (χ2v) is 5.43. The van der Waals surface area contributed by atoms with Crippen molar-refractivity contribution in [1.82, 2.24) is 10.2 Å². The van der Waals surface area contributed by atoms with Crippen molar-refractivity contribution in [1.29, 1.82) is 0 Å². The van der Waals surface area contributed by atoms with Gasteiger partial charge in [0.25, 0.3) is 0 Å². The molecule has 0 amide bonds. The van der Waals surface area contributed by atoms with Crippen molar-refractivity contribution < 1.29 is 0 Å². The van der Waals surface area contributed by atoms with E-state index < -0.39 is 0 Å². The fraction of sp³-hybridized carbons (Fsp3) is 1.00. The Bertz CT molecular complexity index is 153.